The van der Waals surface area contributed by atoms with E-state index < -0.39 is 0 Å². The monoisotopic (exact) mass is 377 g/mol. The fraction of sp³-hybridized carbons (Fsp3) is 0.118. The predicted octanol–water partition coefficient (Wildman–Crippen LogP) is 4.01. The van der Waals surface area contributed by atoms with Gasteiger partial charge < -0.3 is 14.8 Å². The number of hydrogen-bond donors (Lipinski definition) is 1. The lowest BCUT2D eigenvalue weighted by Crippen LogP contribution is -2.16. The Hall–Kier alpha value is -2.34. The van der Waals surface area contributed by atoms with Crippen LogP contribution in [0, 0.1) is 5.82 Å². The highest BCUT2D eigenvalue weighted by atomic mass is 79.9. The second kappa shape index (κ2) is 6.83. The summed E-state index contributed by atoms with van der Waals surface area (Å²) in [5, 5.41) is 2.74. The number of carbonyl (C=O) groups is 1. The van der Waals surface area contributed by atoms with Crippen molar-refractivity contribution in [3.8, 4) is 11.5 Å². The van der Waals surface area contributed by atoms with Crippen LogP contribution in [-0.2, 0) is 4.79 Å². The van der Waals surface area contributed by atoms with Crippen molar-refractivity contribution in [1.29, 1.82) is 0 Å². The van der Waals surface area contributed by atoms with Crippen molar-refractivity contribution in [2.45, 2.75) is 0 Å². The molecular formula is C17H13BrFNO3. The molecule has 0 saturated carbocycles. The largest absolute Gasteiger partial charge is 0.486 e. The number of hydrogen-bond acceptors (Lipinski definition) is 3. The normalized spacial score (nSPS) is 13.1. The molecular weight excluding hydrogens is 365 g/mol. The zero-order chi connectivity index (χ0) is 16.2. The summed E-state index contributed by atoms with van der Waals surface area (Å²) in [5.74, 6) is 0.550. The summed E-state index contributed by atoms with van der Waals surface area (Å²) in [6.45, 7) is 0.975. The first-order valence-electron chi connectivity index (χ1n) is 6.95. The Morgan fingerprint density at radius 3 is 2.65 bits per heavy atom. The second-order valence-corrected chi connectivity index (χ2v) is 5.71. The van der Waals surface area contributed by atoms with Crippen LogP contribution < -0.4 is 14.8 Å². The van der Waals surface area contributed by atoms with Gasteiger partial charge in [-0.3, -0.25) is 4.79 Å². The Balaban J connectivity index is 1.72. The maximum atomic E-state index is 13.1. The molecule has 0 unspecified atom stereocenters. The molecule has 0 bridgehead atoms. The minimum atomic E-state index is -0.345. The van der Waals surface area contributed by atoms with Crippen LogP contribution in [-0.4, -0.2) is 19.1 Å². The molecule has 4 nitrogen and oxygen atoms in total. The standard InChI is InChI=1S/C17H13BrFNO3/c18-13-9-15-16(23-7-6-22-15)10-14(13)20-17(21)5-4-11-2-1-3-12(19)8-11/h1-5,8-10H,6-7H2,(H,20,21). The third-order valence-electron chi connectivity index (χ3n) is 3.17. The summed E-state index contributed by atoms with van der Waals surface area (Å²) in [6.07, 6.45) is 2.89. The number of rotatable bonds is 3. The lowest BCUT2D eigenvalue weighted by atomic mass is 10.2. The lowest BCUT2D eigenvalue weighted by molar-refractivity contribution is -0.111. The molecule has 3 rings (SSSR count). The quantitative estimate of drug-likeness (QED) is 0.822. The fourth-order valence-electron chi connectivity index (χ4n) is 2.12. The topological polar surface area (TPSA) is 47.6 Å². The van der Waals surface area contributed by atoms with Crippen LogP contribution in [0.4, 0.5) is 10.1 Å². The van der Waals surface area contributed by atoms with E-state index in [0.717, 1.165) is 0 Å². The molecule has 1 amide bonds. The predicted molar refractivity (Wildman–Crippen MR) is 89.2 cm³/mol. The Morgan fingerprint density at radius 2 is 1.91 bits per heavy atom. The van der Waals surface area contributed by atoms with E-state index in [-0.39, 0.29) is 11.7 Å². The first-order valence-corrected chi connectivity index (χ1v) is 7.75. The van der Waals surface area contributed by atoms with E-state index in [9.17, 15) is 9.18 Å². The van der Waals surface area contributed by atoms with Gasteiger partial charge in [-0.2, -0.15) is 0 Å². The molecule has 1 aliphatic rings. The number of ether oxygens (including phenoxy) is 2. The molecule has 0 radical (unpaired) electrons. The van der Waals surface area contributed by atoms with Gasteiger partial charge in [0, 0.05) is 22.7 Å². The molecule has 2 aromatic rings. The van der Waals surface area contributed by atoms with Crippen molar-refractivity contribution in [2.75, 3.05) is 18.5 Å². The highest BCUT2D eigenvalue weighted by Gasteiger charge is 2.15. The molecule has 0 atom stereocenters. The number of anilines is 1. The first-order chi connectivity index (χ1) is 11.1. The average Bonchev–Trinajstić information content (AvgIpc) is 2.54. The third-order valence-corrected chi connectivity index (χ3v) is 3.82. The molecule has 6 heteroatoms. The fourth-order valence-corrected chi connectivity index (χ4v) is 2.54. The van der Waals surface area contributed by atoms with E-state index in [2.05, 4.69) is 21.2 Å². The minimum Gasteiger partial charge on any atom is -0.486 e. The molecule has 1 heterocycles. The third kappa shape index (κ3) is 3.90. The van der Waals surface area contributed by atoms with Crippen LogP contribution in [0.5, 0.6) is 11.5 Å². The van der Waals surface area contributed by atoms with Crippen LogP contribution in [0.15, 0.2) is 46.9 Å². The highest BCUT2D eigenvalue weighted by molar-refractivity contribution is 9.10. The summed E-state index contributed by atoms with van der Waals surface area (Å²) in [7, 11) is 0. The first kappa shape index (κ1) is 15.6. The van der Waals surface area contributed by atoms with Crippen LogP contribution >= 0.6 is 15.9 Å². The van der Waals surface area contributed by atoms with Crippen molar-refractivity contribution < 1.29 is 18.7 Å². The van der Waals surface area contributed by atoms with Gasteiger partial charge in [0.25, 0.3) is 0 Å². The van der Waals surface area contributed by atoms with E-state index in [1.165, 1.54) is 18.2 Å². The van der Waals surface area contributed by atoms with E-state index in [4.69, 9.17) is 9.47 Å². The number of carbonyl (C=O) groups excluding carboxylic acids is 1. The zero-order valence-electron chi connectivity index (χ0n) is 12.0. The van der Waals surface area contributed by atoms with E-state index in [1.807, 2.05) is 0 Å². The molecule has 1 N–H and O–H groups in total. The van der Waals surface area contributed by atoms with Crippen LogP contribution in [0.2, 0.25) is 0 Å². The number of amides is 1. The van der Waals surface area contributed by atoms with Crippen LogP contribution in [0.25, 0.3) is 6.08 Å². The molecule has 0 aliphatic carbocycles. The SMILES string of the molecule is O=C(C=Cc1cccc(F)c1)Nc1cc2c(cc1Br)OCCO2. The van der Waals surface area contributed by atoms with Gasteiger partial charge in [0.1, 0.15) is 19.0 Å². The number of fused-ring (bicyclic) bond motifs is 1. The highest BCUT2D eigenvalue weighted by Crippen LogP contribution is 2.38. The summed E-state index contributed by atoms with van der Waals surface area (Å²) in [5.41, 5.74) is 1.18. The molecule has 0 aromatic heterocycles. The average molecular weight is 378 g/mol. The van der Waals surface area contributed by atoms with E-state index in [0.29, 0.717) is 40.4 Å². The van der Waals surface area contributed by atoms with Gasteiger partial charge >= 0.3 is 0 Å². The summed E-state index contributed by atoms with van der Waals surface area (Å²) in [4.78, 5) is 12.0. The summed E-state index contributed by atoms with van der Waals surface area (Å²) >= 11 is 3.39. The van der Waals surface area contributed by atoms with Crippen molar-refractivity contribution >= 4 is 33.6 Å². The Bertz CT molecular complexity index is 776. The van der Waals surface area contributed by atoms with Crippen molar-refractivity contribution in [3.05, 3.63) is 58.3 Å². The van der Waals surface area contributed by atoms with Gasteiger partial charge in [0.2, 0.25) is 5.91 Å². The molecule has 118 valence electrons. The molecule has 0 saturated heterocycles. The minimum absolute atomic E-state index is 0.327. The number of halogens is 2. The maximum absolute atomic E-state index is 13.1. The molecule has 23 heavy (non-hydrogen) atoms. The molecule has 1 aliphatic heterocycles. The summed E-state index contributed by atoms with van der Waals surface area (Å²) in [6, 6.07) is 9.46. The second-order valence-electron chi connectivity index (χ2n) is 4.85. The van der Waals surface area contributed by atoms with E-state index in [1.54, 1.807) is 30.3 Å². The Kier molecular flexibility index (Phi) is 4.62. The number of benzene rings is 2. The van der Waals surface area contributed by atoms with Crippen molar-refractivity contribution in [3.63, 3.8) is 0 Å². The van der Waals surface area contributed by atoms with Crippen LogP contribution in [0.1, 0.15) is 5.56 Å². The Labute approximate surface area is 141 Å². The van der Waals surface area contributed by atoms with Crippen molar-refractivity contribution in [1.82, 2.24) is 0 Å². The van der Waals surface area contributed by atoms with Crippen LogP contribution in [0.3, 0.4) is 0 Å². The maximum Gasteiger partial charge on any atom is 0.248 e. The summed E-state index contributed by atoms with van der Waals surface area (Å²) < 4.78 is 24.7. The van der Waals surface area contributed by atoms with Crippen molar-refractivity contribution in [2.24, 2.45) is 0 Å². The molecule has 0 spiro atoms. The van der Waals surface area contributed by atoms with Gasteiger partial charge in [-0.25, -0.2) is 4.39 Å². The van der Waals surface area contributed by atoms with Gasteiger partial charge in [0.15, 0.2) is 11.5 Å². The van der Waals surface area contributed by atoms with Gasteiger partial charge in [-0.15, -0.1) is 0 Å². The Morgan fingerprint density at radius 1 is 1.17 bits per heavy atom. The molecule has 0 fully saturated rings. The zero-order valence-corrected chi connectivity index (χ0v) is 13.6. The van der Waals surface area contributed by atoms with E-state index >= 15 is 0 Å². The smallest absolute Gasteiger partial charge is 0.248 e. The lowest BCUT2D eigenvalue weighted by Gasteiger charge is -2.19. The van der Waals surface area contributed by atoms with Gasteiger partial charge in [-0.05, 0) is 39.7 Å². The van der Waals surface area contributed by atoms with Gasteiger partial charge in [-0.1, -0.05) is 12.1 Å². The van der Waals surface area contributed by atoms with Gasteiger partial charge in [0.05, 0.1) is 5.69 Å². The molecule has 2 aromatic carbocycles. The number of nitrogens with one attached hydrogen (secondary N) is 1.